The summed E-state index contributed by atoms with van der Waals surface area (Å²) in [6.07, 6.45) is -31.6. The zero-order valence-electron chi connectivity index (χ0n) is 58.4. The molecular formula is C63H108N8O32S. The third-order valence-corrected chi connectivity index (χ3v) is 19.7. The zero-order chi connectivity index (χ0) is 76.2. The minimum absolute atomic E-state index is 0.0327. The van der Waals surface area contributed by atoms with Gasteiger partial charge in [0.1, 0.15) is 97.5 Å². The van der Waals surface area contributed by atoms with Crippen LogP contribution in [0.1, 0.15) is 97.8 Å². The van der Waals surface area contributed by atoms with E-state index < -0.39 is 197 Å². The molecule has 0 aromatic heterocycles. The lowest BCUT2D eigenvalue weighted by atomic mass is 9.88. The second kappa shape index (κ2) is 44.5. The molecule has 0 saturated carbocycles. The van der Waals surface area contributed by atoms with E-state index in [1.807, 2.05) is 11.8 Å². The molecule has 104 heavy (non-hydrogen) atoms. The number of unbranched alkanes of at least 4 members (excludes halogenated alkanes) is 4. The lowest BCUT2D eigenvalue weighted by Gasteiger charge is -2.52. The van der Waals surface area contributed by atoms with E-state index in [1.165, 1.54) is 6.92 Å². The quantitative estimate of drug-likeness (QED) is 0.0199. The normalized spacial score (nSPS) is 33.5. The molecule has 8 amide bonds. The molecule has 25 atom stereocenters. The highest BCUT2D eigenvalue weighted by Crippen LogP contribution is 2.41. The first kappa shape index (κ1) is 87.9. The summed E-state index contributed by atoms with van der Waals surface area (Å²) in [7, 11) is 0. The highest BCUT2D eigenvalue weighted by atomic mass is 32.2. The molecule has 41 heteroatoms. The van der Waals surface area contributed by atoms with Crippen LogP contribution in [0, 0.1) is 0 Å². The second-order valence-corrected chi connectivity index (χ2v) is 27.4. The van der Waals surface area contributed by atoms with Crippen molar-refractivity contribution >= 4 is 59.2 Å². The molecule has 40 nitrogen and oxygen atoms in total. The highest BCUT2D eigenvalue weighted by molar-refractivity contribution is 8.00. The molecule has 0 radical (unpaired) electrons. The number of carbonyl (C=O) groups excluding carboxylic acids is 7. The molecule has 6 heterocycles. The number of rotatable bonds is 46. The van der Waals surface area contributed by atoms with Crippen LogP contribution < -0.4 is 42.5 Å². The fourth-order valence-corrected chi connectivity index (χ4v) is 14.3. The molecule has 0 aromatic carbocycles. The molecule has 6 fully saturated rings. The highest BCUT2D eigenvalue weighted by Gasteiger charge is 2.62. The number of aliphatic carboxylic acids is 1. The first-order valence-electron chi connectivity index (χ1n) is 35.1. The van der Waals surface area contributed by atoms with Crippen LogP contribution in [0.15, 0.2) is 0 Å². The Morgan fingerprint density at radius 1 is 0.596 bits per heavy atom. The van der Waals surface area contributed by atoms with Gasteiger partial charge in [-0.15, -0.1) is 0 Å². The number of carboxylic acids is 1. The SMILES string of the molecule is CC(=O)N[C@H]1[C@H](O[C@@H]2[C@H](O[C@]3(C(=O)O)C[C@H](O)[C@@H](NC(C)=O)[C@H]([C@H](O)[C@H](O)CO)O3)[C@@H](O)[C@H](O[C@H]3[C@H](O)[C@@H](O)[C@H](OCCCCCC[C@H](NC(C)=O)C(=O)NCCCNC(=O)CCOCCOCCOCCNC(=O)CCCC[C@@H]4SC[C@@H]5NC(=O)N[C@@H]54)O[C@@H]3CO)O[C@@H]2CO)O[C@H](CO)[C@H](O)[C@@H]1O. The van der Waals surface area contributed by atoms with Crippen molar-refractivity contribution in [1.82, 2.24) is 42.5 Å². The van der Waals surface area contributed by atoms with Gasteiger partial charge in [-0.2, -0.15) is 11.8 Å². The summed E-state index contributed by atoms with van der Waals surface area (Å²) < 4.78 is 63.6. The Morgan fingerprint density at radius 2 is 1.20 bits per heavy atom. The lowest BCUT2D eigenvalue weighted by molar-refractivity contribution is -0.400. The molecule has 0 aliphatic carbocycles. The topological polar surface area (TPSA) is 597 Å². The number of fused-ring (bicyclic) bond motifs is 1. The van der Waals surface area contributed by atoms with Crippen molar-refractivity contribution in [2.24, 2.45) is 0 Å². The van der Waals surface area contributed by atoms with E-state index >= 15 is 0 Å². The van der Waals surface area contributed by atoms with Gasteiger partial charge in [-0.3, -0.25) is 28.8 Å². The second-order valence-electron chi connectivity index (χ2n) is 26.1. The zero-order valence-corrected chi connectivity index (χ0v) is 59.2. The van der Waals surface area contributed by atoms with Gasteiger partial charge < -0.3 is 161 Å². The molecule has 6 saturated heterocycles. The van der Waals surface area contributed by atoms with Gasteiger partial charge >= 0.3 is 12.0 Å². The van der Waals surface area contributed by atoms with Crippen molar-refractivity contribution in [2.45, 2.75) is 249 Å². The minimum Gasteiger partial charge on any atom is -0.477 e. The number of aliphatic hydroxyl groups excluding tert-OH is 12. The smallest absolute Gasteiger partial charge is 0.364 e. The predicted molar refractivity (Wildman–Crippen MR) is 353 cm³/mol. The van der Waals surface area contributed by atoms with Gasteiger partial charge in [0.05, 0.1) is 90.3 Å². The fourth-order valence-electron chi connectivity index (χ4n) is 12.8. The molecule has 0 bridgehead atoms. The van der Waals surface area contributed by atoms with E-state index in [2.05, 4.69) is 42.5 Å². The molecule has 0 aromatic rings. The van der Waals surface area contributed by atoms with E-state index in [0.29, 0.717) is 76.7 Å². The van der Waals surface area contributed by atoms with Crippen molar-refractivity contribution in [3.05, 3.63) is 0 Å². The third-order valence-electron chi connectivity index (χ3n) is 18.2. The number of carboxylic acid groups (broad SMARTS) is 1. The molecule has 598 valence electrons. The largest absolute Gasteiger partial charge is 0.477 e. The monoisotopic (exact) mass is 1520 g/mol. The van der Waals surface area contributed by atoms with Gasteiger partial charge in [-0.25, -0.2) is 9.59 Å². The Balaban J connectivity index is 0.900. The van der Waals surface area contributed by atoms with Gasteiger partial charge in [0.2, 0.25) is 35.4 Å². The average molecular weight is 1520 g/mol. The van der Waals surface area contributed by atoms with Crippen molar-refractivity contribution < 1.29 is 157 Å². The van der Waals surface area contributed by atoms with Crippen molar-refractivity contribution in [3.8, 4) is 0 Å². The Hall–Kier alpha value is -5.01. The number of nitrogens with one attached hydrogen (secondary N) is 8. The molecule has 6 aliphatic heterocycles. The number of thioether (sulfide) groups is 1. The van der Waals surface area contributed by atoms with Gasteiger partial charge in [0.15, 0.2) is 18.9 Å². The maximum absolute atomic E-state index is 13.5. The van der Waals surface area contributed by atoms with E-state index in [9.17, 15) is 105 Å². The maximum Gasteiger partial charge on any atom is 0.364 e. The number of carbonyl (C=O) groups is 8. The average Bonchev–Trinajstić information content (AvgIpc) is 1.03. The molecule has 21 N–H and O–H groups in total. The van der Waals surface area contributed by atoms with Crippen LogP contribution in [0.2, 0.25) is 0 Å². The van der Waals surface area contributed by atoms with Crippen LogP contribution >= 0.6 is 11.8 Å². The number of ether oxygens (including phenoxy) is 11. The van der Waals surface area contributed by atoms with E-state index in [-0.39, 0.29) is 75.7 Å². The van der Waals surface area contributed by atoms with Crippen LogP contribution in [-0.4, -0.2) is 364 Å². The van der Waals surface area contributed by atoms with Crippen LogP contribution in [-0.2, 0) is 85.7 Å². The van der Waals surface area contributed by atoms with Crippen LogP contribution in [0.25, 0.3) is 0 Å². The molecule has 6 aliphatic rings. The lowest BCUT2D eigenvalue weighted by Crippen LogP contribution is -2.72. The van der Waals surface area contributed by atoms with Crippen LogP contribution in [0.3, 0.4) is 0 Å². The third kappa shape index (κ3) is 26.1. The number of hydrogen-bond donors (Lipinski definition) is 21. The molecule has 0 spiro atoms. The summed E-state index contributed by atoms with van der Waals surface area (Å²) >= 11 is 1.86. The summed E-state index contributed by atoms with van der Waals surface area (Å²) in [6.45, 7) is 1.51. The Labute approximate surface area is 604 Å². The maximum atomic E-state index is 13.5. The summed E-state index contributed by atoms with van der Waals surface area (Å²) in [5.41, 5.74) is 0. The van der Waals surface area contributed by atoms with Crippen LogP contribution in [0.5, 0.6) is 0 Å². The first-order valence-corrected chi connectivity index (χ1v) is 36.1. The number of urea groups is 1. The van der Waals surface area contributed by atoms with Crippen LogP contribution in [0.4, 0.5) is 4.79 Å². The summed E-state index contributed by atoms with van der Waals surface area (Å²) in [5, 5.41) is 164. The molecule has 6 rings (SSSR count). The van der Waals surface area contributed by atoms with Gasteiger partial charge in [0.25, 0.3) is 5.79 Å². The number of hydrogen-bond acceptors (Lipinski definition) is 32. The van der Waals surface area contributed by atoms with Gasteiger partial charge in [-0.1, -0.05) is 25.7 Å². The first-order chi connectivity index (χ1) is 49.7. The fraction of sp³-hybridized carbons (Fsp3) is 0.873. The van der Waals surface area contributed by atoms with Crippen molar-refractivity contribution in [1.29, 1.82) is 0 Å². The number of amides is 8. The predicted octanol–water partition coefficient (Wildman–Crippen LogP) is -8.87. The molecular weight excluding hydrogens is 1410 g/mol. The Morgan fingerprint density at radius 3 is 1.87 bits per heavy atom. The molecule has 0 unspecified atom stereocenters. The Kier molecular flexibility index (Phi) is 37.6. The summed E-state index contributed by atoms with van der Waals surface area (Å²) in [4.78, 5) is 99.4. The van der Waals surface area contributed by atoms with E-state index in [1.54, 1.807) is 0 Å². The van der Waals surface area contributed by atoms with E-state index in [4.69, 9.17) is 52.1 Å². The number of aliphatic hydroxyl groups is 12. The van der Waals surface area contributed by atoms with Gasteiger partial charge in [-0.05, 0) is 32.1 Å². The van der Waals surface area contributed by atoms with Crippen molar-refractivity contribution in [3.63, 3.8) is 0 Å². The minimum atomic E-state index is -3.28. The van der Waals surface area contributed by atoms with E-state index in [0.717, 1.165) is 38.9 Å². The summed E-state index contributed by atoms with van der Waals surface area (Å²) in [6, 6.07) is -4.06. The Bertz CT molecular complexity index is 2670. The van der Waals surface area contributed by atoms with Crippen molar-refractivity contribution in [2.75, 3.05) is 98.1 Å². The summed E-state index contributed by atoms with van der Waals surface area (Å²) in [5.74, 6) is -7.29. The van der Waals surface area contributed by atoms with Gasteiger partial charge in [0, 0.05) is 77.3 Å². The standard InChI is InChI=1S/C63H108N8O32S/c1-31(76)67-34(57(89)66-16-10-15-64-43(82)14-19-93-21-23-95-24-22-94-20-17-65-42(81)13-8-7-12-41-44-35(30-104-41)70-62(92)71-44)11-6-4-5-9-18-96-59-51(87)50(86)53(39(28-74)98-59)100-60-52(88)56(54(40(29-75)99-60)101-58-46(69-33(3)78)49(85)48(84)38(27-73)97-58)103-63(61(90)91)25-36(79)45(68-32(2)77)55(102-63)47(83)37(80)26-72/h34-41,44-56,58-60,72-75,79-80,83-88H,4-30H2,1-3H3,(H,64,82)(H,65,81)(H,66,89)(H,67,76)(H,68,77)(H,69,78)(H,90,91)(H2,70,71,92)/t34-,35-,36-,37+,38+,39+,40+,41-,44-,45+,46+,47+,48-,49+,50+,51+,52+,53+,54-,55+,56+,58-,59+,60-,63-/m0/s1.